The van der Waals surface area contributed by atoms with E-state index in [2.05, 4.69) is 19.2 Å². The van der Waals surface area contributed by atoms with E-state index in [1.165, 1.54) is 38.2 Å². The van der Waals surface area contributed by atoms with E-state index < -0.39 is 47.8 Å². The Bertz CT molecular complexity index is 1210. The zero-order valence-electron chi connectivity index (χ0n) is 28.5. The van der Waals surface area contributed by atoms with Crippen LogP contribution in [0.1, 0.15) is 116 Å². The lowest BCUT2D eigenvalue weighted by molar-refractivity contribution is -0.172. The summed E-state index contributed by atoms with van der Waals surface area (Å²) < 4.78 is 5.68. The largest absolute Gasteiger partial charge is 0.494 e. The molecule has 268 valence electrons. The Hall–Kier alpha value is -3.73. The normalized spacial score (nSPS) is 16.2. The first kappa shape index (κ1) is 40.4. The number of allylic oxidation sites excluding steroid dienone is 1. The highest BCUT2D eigenvalue weighted by atomic mass is 16.5. The third-order valence-corrected chi connectivity index (χ3v) is 8.99. The van der Waals surface area contributed by atoms with Crippen molar-refractivity contribution >= 4 is 29.6 Å². The Morgan fingerprint density at radius 1 is 0.938 bits per heavy atom. The Labute approximate surface area is 284 Å². The number of rotatable bonds is 24. The van der Waals surface area contributed by atoms with Gasteiger partial charge in [-0.2, -0.15) is 0 Å². The molecule has 5 N–H and O–H groups in total. The molecule has 0 unspecified atom stereocenters. The first-order valence-corrected chi connectivity index (χ1v) is 17.4. The van der Waals surface area contributed by atoms with Gasteiger partial charge >= 0.3 is 17.9 Å². The molecular weight excluding hydrogens is 618 g/mol. The number of hydrogen-bond donors (Lipinski definition) is 5. The van der Waals surface area contributed by atoms with Gasteiger partial charge in [0.1, 0.15) is 17.6 Å². The fourth-order valence-electron chi connectivity index (χ4n) is 5.98. The lowest BCUT2D eigenvalue weighted by Gasteiger charge is -2.29. The number of unbranched alkanes of at least 4 members (excludes halogenated alkanes) is 4. The molecule has 0 aromatic heterocycles. The van der Waals surface area contributed by atoms with Crippen LogP contribution in [0.2, 0.25) is 0 Å². The van der Waals surface area contributed by atoms with E-state index in [4.69, 9.17) is 4.74 Å². The number of benzene rings is 1. The molecule has 3 atom stereocenters. The second-order valence-electron chi connectivity index (χ2n) is 13.5. The molecule has 1 aliphatic carbocycles. The van der Waals surface area contributed by atoms with E-state index in [1.54, 1.807) is 24.3 Å². The highest BCUT2D eigenvalue weighted by Crippen LogP contribution is 2.28. The number of hydrogen-bond acceptors (Lipinski definition) is 7. The SMILES string of the molecule is CC(C)CCOc1ccc(C[C@H](NC(=O)[C@H](/C=C/CCCCCCC(=O)CCC2CCCCC2)[C@@](O)(CC(=O)O)C(=O)O)C(=O)O)cc1. The average molecular weight is 674 g/mol. The summed E-state index contributed by atoms with van der Waals surface area (Å²) in [6.45, 7) is 4.70. The molecule has 0 heterocycles. The molecule has 1 fully saturated rings. The van der Waals surface area contributed by atoms with E-state index in [0.717, 1.165) is 38.2 Å². The van der Waals surface area contributed by atoms with Crippen LogP contribution in [0.5, 0.6) is 5.75 Å². The molecule has 0 spiro atoms. The second kappa shape index (κ2) is 21.3. The van der Waals surface area contributed by atoms with Crippen LogP contribution >= 0.6 is 0 Å². The molecule has 48 heavy (non-hydrogen) atoms. The van der Waals surface area contributed by atoms with Crippen molar-refractivity contribution in [1.82, 2.24) is 5.32 Å². The van der Waals surface area contributed by atoms with Gasteiger partial charge in [0.25, 0.3) is 0 Å². The molecule has 0 saturated heterocycles. The summed E-state index contributed by atoms with van der Waals surface area (Å²) >= 11 is 0. The number of nitrogens with one attached hydrogen (secondary N) is 1. The fourth-order valence-corrected chi connectivity index (χ4v) is 5.98. The minimum atomic E-state index is -3.01. The summed E-state index contributed by atoms with van der Waals surface area (Å²) in [6.07, 6.45) is 14.0. The van der Waals surface area contributed by atoms with Crippen molar-refractivity contribution in [2.24, 2.45) is 17.8 Å². The van der Waals surface area contributed by atoms with Crippen LogP contribution < -0.4 is 10.1 Å². The standard InChI is InChI=1S/C37H55NO10/c1-26(2)22-23-48-30-20-17-28(18-21-30)24-32(35(43)44)38-34(42)31(37(47,36(45)46)25-33(40)41)15-11-6-4-3-5-10-14-29(39)19-16-27-12-8-7-9-13-27/h11,15,17-18,20-21,26-27,31-32,47H,3-10,12-14,16,19,22-25H2,1-2H3,(H,38,42)(H,40,41)(H,43,44)(H,45,46)/b15-11+/t31-,32-,37-/m0/s1. The lowest BCUT2D eigenvalue weighted by atomic mass is 9.82. The number of carbonyl (C=O) groups is 5. The van der Waals surface area contributed by atoms with E-state index in [9.17, 15) is 44.4 Å². The maximum atomic E-state index is 13.3. The number of ether oxygens (including phenoxy) is 1. The molecule has 11 heteroatoms. The Balaban J connectivity index is 1.96. The average Bonchev–Trinajstić information content (AvgIpc) is 3.03. The smallest absolute Gasteiger partial charge is 0.337 e. The van der Waals surface area contributed by atoms with Gasteiger partial charge in [-0.05, 0) is 61.6 Å². The zero-order valence-corrected chi connectivity index (χ0v) is 28.5. The molecule has 0 aliphatic heterocycles. The number of Topliss-reactive ketones (excluding diaryl/α,β-unsaturated/α-hetero) is 1. The highest BCUT2D eigenvalue weighted by molar-refractivity contribution is 5.94. The van der Waals surface area contributed by atoms with Gasteiger partial charge in [0.15, 0.2) is 5.60 Å². The quantitative estimate of drug-likeness (QED) is 0.0648. The van der Waals surface area contributed by atoms with Gasteiger partial charge in [-0.1, -0.05) is 83.1 Å². The predicted molar refractivity (Wildman–Crippen MR) is 181 cm³/mol. The van der Waals surface area contributed by atoms with Crippen LogP contribution in [0.25, 0.3) is 0 Å². The van der Waals surface area contributed by atoms with Crippen molar-refractivity contribution in [3.63, 3.8) is 0 Å². The molecule has 11 nitrogen and oxygen atoms in total. The van der Waals surface area contributed by atoms with Crippen molar-refractivity contribution < 1.29 is 49.1 Å². The Kier molecular flexibility index (Phi) is 17.9. The number of carboxylic acids is 3. The van der Waals surface area contributed by atoms with E-state index in [-0.39, 0.29) is 6.42 Å². The zero-order chi connectivity index (χ0) is 35.5. The fraction of sp³-hybridized carbons (Fsp3) is 0.649. The number of carbonyl (C=O) groups excluding carboxylic acids is 2. The predicted octanol–water partition coefficient (Wildman–Crippen LogP) is 5.96. The van der Waals surface area contributed by atoms with Crippen molar-refractivity contribution in [3.05, 3.63) is 42.0 Å². The Morgan fingerprint density at radius 2 is 1.60 bits per heavy atom. The van der Waals surface area contributed by atoms with Crippen molar-refractivity contribution in [1.29, 1.82) is 0 Å². The van der Waals surface area contributed by atoms with Gasteiger partial charge in [-0.3, -0.25) is 14.4 Å². The molecule has 1 aromatic carbocycles. The first-order valence-electron chi connectivity index (χ1n) is 17.4. The van der Waals surface area contributed by atoms with Crippen LogP contribution in [-0.4, -0.2) is 68.3 Å². The number of amides is 1. The third kappa shape index (κ3) is 15.0. The van der Waals surface area contributed by atoms with Gasteiger partial charge in [-0.25, -0.2) is 9.59 Å². The molecule has 2 rings (SSSR count). The van der Waals surface area contributed by atoms with E-state index in [0.29, 0.717) is 61.2 Å². The summed E-state index contributed by atoms with van der Waals surface area (Å²) in [6, 6.07) is 5.22. The minimum absolute atomic E-state index is 0.142. The van der Waals surface area contributed by atoms with Gasteiger partial charge in [0.05, 0.1) is 18.9 Å². The number of carboxylic acid groups (broad SMARTS) is 3. The first-order chi connectivity index (χ1) is 22.8. The molecule has 1 aromatic rings. The number of aliphatic carboxylic acids is 3. The van der Waals surface area contributed by atoms with Crippen LogP contribution in [0.4, 0.5) is 0 Å². The number of aliphatic hydroxyl groups is 1. The van der Waals surface area contributed by atoms with Gasteiger partial charge in [0, 0.05) is 19.3 Å². The van der Waals surface area contributed by atoms with Crippen LogP contribution in [0.15, 0.2) is 36.4 Å². The summed E-state index contributed by atoms with van der Waals surface area (Å²) in [5.74, 6) is -5.85. The van der Waals surface area contributed by atoms with E-state index in [1.807, 2.05) is 0 Å². The van der Waals surface area contributed by atoms with Crippen molar-refractivity contribution in [2.45, 2.75) is 128 Å². The molecule has 0 bridgehead atoms. The van der Waals surface area contributed by atoms with Gasteiger partial charge in [-0.15, -0.1) is 0 Å². The Morgan fingerprint density at radius 3 is 2.21 bits per heavy atom. The maximum absolute atomic E-state index is 13.3. The van der Waals surface area contributed by atoms with Gasteiger partial charge in [0.2, 0.25) is 5.91 Å². The molecule has 1 saturated carbocycles. The van der Waals surface area contributed by atoms with E-state index >= 15 is 0 Å². The van der Waals surface area contributed by atoms with Crippen molar-refractivity contribution in [3.8, 4) is 5.75 Å². The summed E-state index contributed by atoms with van der Waals surface area (Å²) in [5.41, 5.74) is -2.45. The highest BCUT2D eigenvalue weighted by Gasteiger charge is 2.49. The lowest BCUT2D eigenvalue weighted by Crippen LogP contribution is -2.55. The third-order valence-electron chi connectivity index (χ3n) is 8.99. The van der Waals surface area contributed by atoms with Gasteiger partial charge < -0.3 is 30.5 Å². The van der Waals surface area contributed by atoms with Crippen LogP contribution in [0.3, 0.4) is 0 Å². The summed E-state index contributed by atoms with van der Waals surface area (Å²) in [5, 5.41) is 42.2. The van der Waals surface area contributed by atoms with Crippen LogP contribution in [0, 0.1) is 17.8 Å². The number of ketones is 1. The topological polar surface area (TPSA) is 188 Å². The van der Waals surface area contributed by atoms with Crippen LogP contribution in [-0.2, 0) is 30.4 Å². The summed E-state index contributed by atoms with van der Waals surface area (Å²) in [4.78, 5) is 61.2. The second-order valence-corrected chi connectivity index (χ2v) is 13.5. The molecule has 0 radical (unpaired) electrons. The summed E-state index contributed by atoms with van der Waals surface area (Å²) in [7, 11) is 0. The maximum Gasteiger partial charge on any atom is 0.337 e. The molecule has 1 aliphatic rings. The molecular formula is C37H55NO10. The monoisotopic (exact) mass is 673 g/mol. The minimum Gasteiger partial charge on any atom is -0.494 e. The molecule has 1 amide bonds. The van der Waals surface area contributed by atoms with Crippen molar-refractivity contribution in [2.75, 3.05) is 6.61 Å².